The van der Waals surface area contributed by atoms with Gasteiger partial charge in [-0.25, -0.2) is 22.8 Å². The number of aromatic nitrogens is 5. The molecule has 5 heteroatoms. The van der Waals surface area contributed by atoms with Gasteiger partial charge in [-0.2, -0.15) is 0 Å². The second-order valence-corrected chi connectivity index (χ2v) is 32.0. The molecule has 0 aliphatic rings. The number of aryl methyl sites for hydroxylation is 19. The Kier molecular flexibility index (Phi) is 19.5. The van der Waals surface area contributed by atoms with Crippen molar-refractivity contribution in [1.82, 2.24) is 0 Å². The number of pyridine rings is 5. The van der Waals surface area contributed by atoms with Crippen LogP contribution in [0.2, 0.25) is 0 Å². The summed E-state index contributed by atoms with van der Waals surface area (Å²) in [5.41, 5.74) is 25.5. The first-order valence-electron chi connectivity index (χ1n) is 55.4. The van der Waals surface area contributed by atoms with Crippen LogP contribution in [0.25, 0.3) is 123 Å². The second-order valence-electron chi connectivity index (χ2n) is 32.0. The molecule has 0 amide bonds. The molecule has 16 aromatic rings. The third-order valence-electron chi connectivity index (χ3n) is 21.8. The molecule has 16 rings (SSSR count). The maximum absolute atomic E-state index is 8.88. The largest absolute Gasteiger partial charge is 0.213 e. The molecule has 5 heterocycles. The Morgan fingerprint density at radius 1 is 0.220 bits per heavy atom. The monoisotopic (exact) mass is 1640 g/mol. The Hall–Kier alpha value is -12.8. The van der Waals surface area contributed by atoms with Crippen LogP contribution < -0.4 is 22.8 Å². The highest BCUT2D eigenvalue weighted by Crippen LogP contribution is 2.39. The van der Waals surface area contributed by atoms with Crippen LogP contribution in [0, 0.1) is 108 Å². The van der Waals surface area contributed by atoms with E-state index in [-0.39, 0.29) is 28.5 Å². The summed E-state index contributed by atoms with van der Waals surface area (Å²) in [5, 5.41) is 0. The van der Waals surface area contributed by atoms with E-state index >= 15 is 0 Å². The maximum atomic E-state index is 8.88. The first kappa shape index (κ1) is 59.0. The standard InChI is InChI=1S/C28H36N.C27H26N.C22H24N.C21H22N.C20H20N/c1-19(2)13-24-16-28(29(7)18-25(24)14-20(3)4)27-17-26(21(5)15-22(27)6)23-11-9-8-10-12-23;1-19-15-20(2)26(16-24(19)22-11-7-5-8-12-22)27-17-25(21(3)18-28(27)4)23-13-9-6-10-14-23;1-15-12-22(23(5)14-18(15)4)21-13-20(16(2)11-17(21)3)19-9-7-6-8-10-19;1-15-10-11-21(22(4)14-15)20-13-19(16(2)12-17(20)3)18-8-6-5-7-9-18;1-15-13-16(2)19(20-11-7-8-12-21(20)3)14-18(15)17-9-5-4-6-10-17/h8-12,15-20H,13-14H2,1-7H3;5-18H,1-4H3;6-14H,1-5H3;5-14H,1-4H3;4-14H,1-3H3/q5*+1/i5D3,13D2,14D2;1D3,3D3;2D3,4D3;1D3,2D3;1D3. The Labute approximate surface area is 776 Å². The van der Waals surface area contributed by atoms with Gasteiger partial charge < -0.3 is 0 Å². The van der Waals surface area contributed by atoms with E-state index in [1.807, 2.05) is 321 Å². The molecule has 0 bridgehead atoms. The lowest BCUT2D eigenvalue weighted by Gasteiger charge is -2.16. The summed E-state index contributed by atoms with van der Waals surface area (Å²) in [7, 11) is 9.24. The van der Waals surface area contributed by atoms with Crippen molar-refractivity contribution in [1.29, 1.82) is 0 Å². The number of rotatable bonds is 15. The number of hydrogen-bond acceptors (Lipinski definition) is 0. The van der Waals surface area contributed by atoms with Gasteiger partial charge in [0.2, 0.25) is 28.5 Å². The zero-order valence-corrected chi connectivity index (χ0v) is 73.0. The Bertz CT molecular complexity index is 7450. The van der Waals surface area contributed by atoms with Gasteiger partial charge in [-0.05, 0) is 297 Å². The molecule has 0 saturated heterocycles. The summed E-state index contributed by atoms with van der Waals surface area (Å²) in [6.07, 6.45) is 5.08. The van der Waals surface area contributed by atoms with Gasteiger partial charge in [0.05, 0.1) is 0 Å². The van der Waals surface area contributed by atoms with Crippen molar-refractivity contribution in [3.8, 4) is 123 Å². The minimum absolute atomic E-state index is 0.263. The van der Waals surface area contributed by atoms with Crippen molar-refractivity contribution in [3.63, 3.8) is 0 Å². The molecule has 0 spiro atoms. The van der Waals surface area contributed by atoms with Crippen LogP contribution in [0.4, 0.5) is 0 Å². The van der Waals surface area contributed by atoms with Crippen LogP contribution in [-0.2, 0) is 48.0 Å². The molecule has 0 aliphatic heterocycles. The highest BCUT2D eigenvalue weighted by Gasteiger charge is 2.25. The van der Waals surface area contributed by atoms with Gasteiger partial charge in [0.25, 0.3) is 0 Å². The average molecular weight is 1640 g/mol. The van der Waals surface area contributed by atoms with Gasteiger partial charge in [0.1, 0.15) is 35.2 Å². The summed E-state index contributed by atoms with van der Waals surface area (Å²) in [6, 6.07) is 90.0. The van der Waals surface area contributed by atoms with E-state index in [0.717, 1.165) is 117 Å². The van der Waals surface area contributed by atoms with Crippen LogP contribution >= 0.6 is 0 Å². The molecule has 11 aromatic carbocycles. The molecular weight excluding hydrogens is 1490 g/mol. The van der Waals surface area contributed by atoms with Gasteiger partial charge in [0, 0.05) is 125 Å². The molecule has 0 radical (unpaired) electrons. The topological polar surface area (TPSA) is 19.4 Å². The van der Waals surface area contributed by atoms with Gasteiger partial charge in [0.15, 0.2) is 31.0 Å². The minimum Gasteiger partial charge on any atom is -0.201 e. The molecule has 123 heavy (non-hydrogen) atoms. The Balaban J connectivity index is 0.000000168. The summed E-state index contributed by atoms with van der Waals surface area (Å²) in [6.45, 7) is 0.618. The van der Waals surface area contributed by atoms with Crippen LogP contribution in [-0.4, -0.2) is 0 Å². The van der Waals surface area contributed by atoms with Crippen molar-refractivity contribution in [2.24, 2.45) is 47.1 Å². The first-order valence-corrected chi connectivity index (χ1v) is 41.4. The fraction of sp³-hybridized carbons (Fsp3) is 0.229. The molecule has 0 aliphatic carbocycles. The molecule has 0 atom stereocenters. The zero-order chi connectivity index (χ0) is 111. The fourth-order valence-corrected chi connectivity index (χ4v) is 15.5. The van der Waals surface area contributed by atoms with Gasteiger partial charge in [-0.15, -0.1) is 0 Å². The quantitative estimate of drug-likeness (QED) is 0.0912. The summed E-state index contributed by atoms with van der Waals surface area (Å²) in [4.78, 5) is 0. The molecule has 5 aromatic heterocycles. The number of hydrogen-bond donors (Lipinski definition) is 0. The van der Waals surface area contributed by atoms with Crippen LogP contribution in [0.15, 0.2) is 322 Å². The van der Waals surface area contributed by atoms with E-state index in [1.54, 1.807) is 129 Å². The highest BCUT2D eigenvalue weighted by molar-refractivity contribution is 5.82. The maximum Gasteiger partial charge on any atom is 0.213 e. The molecule has 0 saturated carbocycles. The Morgan fingerprint density at radius 3 is 0.829 bits per heavy atom. The highest BCUT2D eigenvalue weighted by atomic mass is 14.9. The molecule has 0 N–H and O–H groups in total. The zero-order valence-electron chi connectivity index (χ0n) is 101. The predicted octanol–water partition coefficient (Wildman–Crippen LogP) is 27.6. The first-order chi connectivity index (χ1) is 70.2. The summed E-state index contributed by atoms with van der Waals surface area (Å²) < 4.78 is 235. The van der Waals surface area contributed by atoms with Gasteiger partial charge in [-0.3, -0.25) is 0 Å². The fourth-order valence-electron chi connectivity index (χ4n) is 15.5. The molecular formula is C118H128N5+5. The van der Waals surface area contributed by atoms with Crippen LogP contribution in [0.3, 0.4) is 0 Å². The van der Waals surface area contributed by atoms with Crippen LogP contribution in [0.5, 0.6) is 0 Å². The van der Waals surface area contributed by atoms with Crippen molar-refractivity contribution in [2.75, 3.05) is 0 Å². The third kappa shape index (κ3) is 21.9. The Morgan fingerprint density at radius 2 is 0.504 bits per heavy atom. The average Bonchev–Trinajstić information content (AvgIpc) is 0.746. The molecule has 620 valence electrons. The number of nitrogens with zero attached hydrogens (tertiary/aromatic N) is 5. The molecule has 5 nitrogen and oxygen atoms in total. The van der Waals surface area contributed by atoms with Crippen molar-refractivity contribution >= 4 is 0 Å². The lowest BCUT2D eigenvalue weighted by atomic mass is 9.90. The van der Waals surface area contributed by atoms with Crippen molar-refractivity contribution < 1.29 is 61.2 Å². The normalized spacial score (nSPS) is 15.4. The lowest BCUT2D eigenvalue weighted by molar-refractivity contribution is -0.661. The van der Waals surface area contributed by atoms with E-state index in [2.05, 4.69) is 0 Å². The second kappa shape index (κ2) is 40.7. The summed E-state index contributed by atoms with van der Waals surface area (Å²) in [5.74, 6) is -0.728. The van der Waals surface area contributed by atoms with E-state index in [0.29, 0.717) is 78.0 Å². The molecule has 0 unspecified atom stereocenters. The van der Waals surface area contributed by atoms with E-state index in [1.165, 1.54) is 0 Å². The van der Waals surface area contributed by atoms with Gasteiger partial charge in [-0.1, -0.05) is 240 Å². The SMILES string of the molecule is [2H]C([2H])([2H])c1c[n+](C)c(-c2cc(-c3ccccc3)c(C([2H])([2H])[2H])cc2C)cc1C.[2H]C([2H])([2H])c1cc(C)c(-c2cc(-c3ccccc3)c(C([2H])([2H])[2H])c[n+]2C)cc1-c1ccccc1.[2H]C([2H])([2H])c1cc(C)c(-c2cc(C([2H])([2H])C(C)C)c(C([2H])([2H])C(C)C)c[n+]2C)cc1-c1ccccc1.[2H]C([2H])([2H])c1cc(C)c(-c2cccc[n+]2C)cc1-c1ccccc1.[2H]C([2H])([2H])c1ccc(-c2cc(-c3ccccc3)c(C([2H])([2H])[2H])cc2C)[n+](C)c1. The molecule has 0 fully saturated rings. The van der Waals surface area contributed by atoms with E-state index in [9.17, 15) is 0 Å². The number of benzene rings is 11. The van der Waals surface area contributed by atoms with E-state index < -0.39 is 67.6 Å². The van der Waals surface area contributed by atoms with Crippen molar-refractivity contribution in [2.45, 2.75) is 137 Å². The predicted molar refractivity (Wildman–Crippen MR) is 521 cm³/mol. The minimum atomic E-state index is -2.30. The van der Waals surface area contributed by atoms with Crippen molar-refractivity contribution in [3.05, 3.63) is 411 Å². The summed E-state index contributed by atoms with van der Waals surface area (Å²) >= 11 is 0. The van der Waals surface area contributed by atoms with Gasteiger partial charge >= 0.3 is 0 Å². The third-order valence-corrected chi connectivity index (χ3v) is 21.8. The lowest BCUT2D eigenvalue weighted by Crippen LogP contribution is -2.32. The van der Waals surface area contributed by atoms with E-state index in [4.69, 9.17) is 38.4 Å². The smallest absolute Gasteiger partial charge is 0.201 e. The van der Waals surface area contributed by atoms with Crippen LogP contribution in [0.1, 0.15) is 155 Å².